The molecule has 0 aromatic carbocycles. The van der Waals surface area contributed by atoms with Crippen molar-refractivity contribution in [2.75, 3.05) is 26.2 Å². The molecule has 1 heterocycles. The van der Waals surface area contributed by atoms with E-state index in [1.807, 2.05) is 6.92 Å². The van der Waals surface area contributed by atoms with E-state index in [4.69, 9.17) is 4.74 Å². The number of nitrogens with one attached hydrogen (secondary N) is 1. The number of aliphatic hydroxyl groups is 1. The maximum Gasteiger partial charge on any atom is 0.317 e. The molecule has 2 amide bonds. The van der Waals surface area contributed by atoms with Gasteiger partial charge in [0.2, 0.25) is 0 Å². The minimum Gasteiger partial charge on any atom is -0.389 e. The van der Waals surface area contributed by atoms with Crippen LogP contribution in [-0.2, 0) is 4.74 Å². The zero-order valence-electron chi connectivity index (χ0n) is 14.4. The first kappa shape index (κ1) is 18.2. The molecule has 1 saturated heterocycles. The lowest BCUT2D eigenvalue weighted by Crippen LogP contribution is -2.48. The van der Waals surface area contributed by atoms with Crippen LogP contribution in [0.5, 0.6) is 0 Å². The maximum absolute atomic E-state index is 12.2. The van der Waals surface area contributed by atoms with E-state index in [0.29, 0.717) is 25.6 Å². The van der Waals surface area contributed by atoms with Crippen LogP contribution in [0.4, 0.5) is 4.79 Å². The number of ether oxygens (including phenoxy) is 1. The zero-order chi connectivity index (χ0) is 16.3. The number of hydrogen-bond acceptors (Lipinski definition) is 3. The summed E-state index contributed by atoms with van der Waals surface area (Å²) in [6.45, 7) is 14.2. The largest absolute Gasteiger partial charge is 0.389 e. The first-order valence-electron chi connectivity index (χ1n) is 7.91. The molecule has 5 nitrogen and oxygen atoms in total. The molecule has 2 N–H and O–H groups in total. The van der Waals surface area contributed by atoms with Crippen LogP contribution < -0.4 is 5.32 Å². The van der Waals surface area contributed by atoms with Crippen LogP contribution in [0.2, 0.25) is 0 Å². The van der Waals surface area contributed by atoms with Crippen LogP contribution in [-0.4, -0.2) is 54.0 Å². The van der Waals surface area contributed by atoms with Crippen LogP contribution in [0.25, 0.3) is 0 Å². The Balaban J connectivity index is 2.51. The molecule has 0 aromatic heterocycles. The predicted octanol–water partition coefficient (Wildman–Crippen LogP) is 2.24. The number of urea groups is 1. The molecule has 2 unspecified atom stereocenters. The van der Waals surface area contributed by atoms with Gasteiger partial charge in [-0.05, 0) is 32.6 Å². The lowest BCUT2D eigenvalue weighted by atomic mass is 9.81. The Hall–Kier alpha value is -0.810. The van der Waals surface area contributed by atoms with Crippen molar-refractivity contribution in [2.45, 2.75) is 59.7 Å². The number of rotatable bonds is 5. The standard InChI is InChI=1S/C16H32N2O3/c1-7-18(11-16(5,6)20)14(19)17-10-12-8-9-21-13(12)15(2,3)4/h12-13,20H,7-11H2,1-6H3,(H,17,19). The number of likely N-dealkylation sites (N-methyl/N-ethyl adjacent to an activating group) is 1. The highest BCUT2D eigenvalue weighted by Gasteiger charge is 2.37. The van der Waals surface area contributed by atoms with Crippen molar-refractivity contribution in [3.63, 3.8) is 0 Å². The molecule has 1 fully saturated rings. The van der Waals surface area contributed by atoms with Crippen LogP contribution in [0.3, 0.4) is 0 Å². The van der Waals surface area contributed by atoms with Gasteiger partial charge in [-0.15, -0.1) is 0 Å². The van der Waals surface area contributed by atoms with E-state index < -0.39 is 5.60 Å². The number of nitrogens with zero attached hydrogens (tertiary/aromatic N) is 1. The summed E-state index contributed by atoms with van der Waals surface area (Å²) in [4.78, 5) is 13.9. The molecule has 1 rings (SSSR count). The highest BCUT2D eigenvalue weighted by atomic mass is 16.5. The molecule has 21 heavy (non-hydrogen) atoms. The summed E-state index contributed by atoms with van der Waals surface area (Å²) in [6.07, 6.45) is 1.17. The van der Waals surface area contributed by atoms with Crippen LogP contribution in [0, 0.1) is 11.3 Å². The molecule has 5 heteroatoms. The number of carbonyl (C=O) groups is 1. The quantitative estimate of drug-likeness (QED) is 0.818. The molecule has 0 saturated carbocycles. The van der Waals surface area contributed by atoms with Gasteiger partial charge in [0.1, 0.15) is 0 Å². The van der Waals surface area contributed by atoms with Crippen LogP contribution in [0.15, 0.2) is 0 Å². The van der Waals surface area contributed by atoms with Gasteiger partial charge in [0.15, 0.2) is 0 Å². The van der Waals surface area contributed by atoms with E-state index in [9.17, 15) is 9.90 Å². The zero-order valence-corrected chi connectivity index (χ0v) is 14.4. The van der Waals surface area contributed by atoms with Crippen molar-refractivity contribution in [1.82, 2.24) is 10.2 Å². The first-order chi connectivity index (χ1) is 9.54. The van der Waals surface area contributed by atoms with E-state index in [1.54, 1.807) is 18.7 Å². The fourth-order valence-electron chi connectivity index (χ4n) is 2.92. The van der Waals surface area contributed by atoms with Gasteiger partial charge in [0.05, 0.1) is 18.2 Å². The highest BCUT2D eigenvalue weighted by molar-refractivity contribution is 5.74. The third-order valence-corrected chi connectivity index (χ3v) is 3.83. The van der Waals surface area contributed by atoms with Gasteiger partial charge in [-0.1, -0.05) is 20.8 Å². The SMILES string of the molecule is CCN(CC(C)(C)O)C(=O)NCC1CCOC1C(C)(C)C. The molecule has 124 valence electrons. The summed E-state index contributed by atoms with van der Waals surface area (Å²) < 4.78 is 5.82. The Labute approximate surface area is 129 Å². The Morgan fingerprint density at radius 3 is 2.43 bits per heavy atom. The van der Waals surface area contributed by atoms with E-state index in [1.165, 1.54) is 0 Å². The Morgan fingerprint density at radius 1 is 1.33 bits per heavy atom. The summed E-state index contributed by atoms with van der Waals surface area (Å²) in [5.41, 5.74) is -0.790. The highest BCUT2D eigenvalue weighted by Crippen LogP contribution is 2.34. The van der Waals surface area contributed by atoms with Crippen LogP contribution in [0.1, 0.15) is 48.0 Å². The van der Waals surface area contributed by atoms with Crippen molar-refractivity contribution in [2.24, 2.45) is 11.3 Å². The van der Waals surface area contributed by atoms with Gasteiger partial charge in [-0.2, -0.15) is 0 Å². The predicted molar refractivity (Wildman–Crippen MR) is 84.2 cm³/mol. The number of hydrogen-bond donors (Lipinski definition) is 2. The second-order valence-corrected chi connectivity index (χ2v) is 7.72. The van der Waals surface area contributed by atoms with Crippen molar-refractivity contribution in [1.29, 1.82) is 0 Å². The topological polar surface area (TPSA) is 61.8 Å². The molecular formula is C16H32N2O3. The molecule has 0 aromatic rings. The Morgan fingerprint density at radius 2 is 1.95 bits per heavy atom. The first-order valence-corrected chi connectivity index (χ1v) is 7.91. The van der Waals surface area contributed by atoms with E-state index in [0.717, 1.165) is 13.0 Å². The summed E-state index contributed by atoms with van der Waals surface area (Å²) in [5, 5.41) is 12.9. The summed E-state index contributed by atoms with van der Waals surface area (Å²) in [5.74, 6) is 0.356. The molecule has 0 aliphatic carbocycles. The molecule has 2 atom stereocenters. The van der Waals surface area contributed by atoms with E-state index in [2.05, 4.69) is 26.1 Å². The smallest absolute Gasteiger partial charge is 0.317 e. The monoisotopic (exact) mass is 300 g/mol. The fourth-order valence-corrected chi connectivity index (χ4v) is 2.92. The van der Waals surface area contributed by atoms with Gasteiger partial charge in [-0.3, -0.25) is 0 Å². The minimum atomic E-state index is -0.877. The molecule has 0 spiro atoms. The summed E-state index contributed by atoms with van der Waals surface area (Å²) in [7, 11) is 0. The third-order valence-electron chi connectivity index (χ3n) is 3.83. The molecule has 1 aliphatic rings. The van der Waals surface area contributed by atoms with Gasteiger partial charge < -0.3 is 20.1 Å². The molecule has 1 aliphatic heterocycles. The van der Waals surface area contributed by atoms with E-state index in [-0.39, 0.29) is 17.6 Å². The molecular weight excluding hydrogens is 268 g/mol. The van der Waals surface area contributed by atoms with Gasteiger partial charge in [0, 0.05) is 25.6 Å². The van der Waals surface area contributed by atoms with Crippen molar-refractivity contribution in [3.8, 4) is 0 Å². The second kappa shape index (κ2) is 6.97. The van der Waals surface area contributed by atoms with Gasteiger partial charge in [0.25, 0.3) is 0 Å². The fraction of sp³-hybridized carbons (Fsp3) is 0.938. The number of amides is 2. The van der Waals surface area contributed by atoms with Gasteiger partial charge in [-0.25, -0.2) is 4.79 Å². The molecule has 0 bridgehead atoms. The summed E-state index contributed by atoms with van der Waals surface area (Å²) in [6, 6.07) is -0.112. The summed E-state index contributed by atoms with van der Waals surface area (Å²) >= 11 is 0. The van der Waals surface area contributed by atoms with Crippen molar-refractivity contribution < 1.29 is 14.6 Å². The Bertz CT molecular complexity index is 344. The molecule has 0 radical (unpaired) electrons. The maximum atomic E-state index is 12.2. The van der Waals surface area contributed by atoms with Crippen LogP contribution >= 0.6 is 0 Å². The lowest BCUT2D eigenvalue weighted by Gasteiger charge is -2.32. The van der Waals surface area contributed by atoms with Crippen molar-refractivity contribution in [3.05, 3.63) is 0 Å². The normalized spacial score (nSPS) is 23.2. The number of carbonyl (C=O) groups excluding carboxylic acids is 1. The van der Waals surface area contributed by atoms with E-state index >= 15 is 0 Å². The second-order valence-electron chi connectivity index (χ2n) is 7.72. The van der Waals surface area contributed by atoms with Crippen molar-refractivity contribution >= 4 is 6.03 Å². The Kier molecular flexibility index (Phi) is 6.05. The average Bonchev–Trinajstić information content (AvgIpc) is 2.80. The third kappa shape index (κ3) is 5.83. The minimum absolute atomic E-state index is 0.0867. The lowest BCUT2D eigenvalue weighted by molar-refractivity contribution is 0.00720. The van der Waals surface area contributed by atoms with Gasteiger partial charge >= 0.3 is 6.03 Å². The average molecular weight is 300 g/mol.